The van der Waals surface area contributed by atoms with Crippen molar-refractivity contribution < 1.29 is 0 Å². The van der Waals surface area contributed by atoms with Crippen molar-refractivity contribution in [1.29, 1.82) is 0 Å². The molecule has 1 rings (SSSR count). The van der Waals surface area contributed by atoms with E-state index in [-0.39, 0.29) is 0 Å². The minimum absolute atomic E-state index is 0.667. The highest BCUT2D eigenvalue weighted by molar-refractivity contribution is 7.09. The van der Waals surface area contributed by atoms with Crippen molar-refractivity contribution in [2.45, 2.75) is 71.8 Å². The molecule has 0 amide bonds. The normalized spacial score (nSPS) is 14.5. The van der Waals surface area contributed by atoms with Crippen molar-refractivity contribution >= 4 is 11.3 Å². The predicted octanol–water partition coefficient (Wildman–Crippen LogP) is 5.27. The van der Waals surface area contributed by atoms with Crippen LogP contribution >= 0.6 is 11.3 Å². The Kier molecular flexibility index (Phi) is 9.19. The Labute approximate surface area is 123 Å². The molecule has 0 spiro atoms. The Morgan fingerprint density at radius 3 is 2.63 bits per heavy atom. The minimum Gasteiger partial charge on any atom is -0.314 e. The van der Waals surface area contributed by atoms with Crippen LogP contribution in [0.15, 0.2) is 17.5 Å². The van der Waals surface area contributed by atoms with E-state index in [0.29, 0.717) is 6.04 Å². The summed E-state index contributed by atoms with van der Waals surface area (Å²) in [6.45, 7) is 8.05. The molecule has 1 aromatic rings. The Morgan fingerprint density at radius 2 is 2.05 bits per heavy atom. The van der Waals surface area contributed by atoms with E-state index < -0.39 is 0 Å². The first-order valence-corrected chi connectivity index (χ1v) is 8.93. The van der Waals surface area contributed by atoms with Gasteiger partial charge in [-0.05, 0) is 43.2 Å². The van der Waals surface area contributed by atoms with E-state index in [1.54, 1.807) is 0 Å². The fourth-order valence-electron chi connectivity index (χ4n) is 2.64. The van der Waals surface area contributed by atoms with Crippen molar-refractivity contribution in [2.24, 2.45) is 5.92 Å². The van der Waals surface area contributed by atoms with Crippen LogP contribution in [0, 0.1) is 5.92 Å². The lowest BCUT2D eigenvalue weighted by Gasteiger charge is -2.23. The molecule has 2 heteroatoms. The van der Waals surface area contributed by atoms with Crippen LogP contribution in [0.3, 0.4) is 0 Å². The second-order valence-corrected chi connectivity index (χ2v) is 6.62. The van der Waals surface area contributed by atoms with Gasteiger partial charge in [-0.15, -0.1) is 11.3 Å². The molecular formula is C17H31NS. The smallest absolute Gasteiger partial charge is 0.0118 e. The van der Waals surface area contributed by atoms with Crippen LogP contribution in [0.5, 0.6) is 0 Å². The number of unbranched alkanes of at least 4 members (excludes halogenated alkanes) is 1. The van der Waals surface area contributed by atoms with Crippen LogP contribution in [-0.4, -0.2) is 12.6 Å². The van der Waals surface area contributed by atoms with Crippen molar-refractivity contribution in [3.63, 3.8) is 0 Å². The monoisotopic (exact) mass is 281 g/mol. The molecule has 0 fully saturated rings. The topological polar surface area (TPSA) is 12.0 Å². The molecule has 2 unspecified atom stereocenters. The third-order valence-electron chi connectivity index (χ3n) is 3.87. The number of hydrogen-bond acceptors (Lipinski definition) is 2. The molecule has 110 valence electrons. The first-order chi connectivity index (χ1) is 9.30. The van der Waals surface area contributed by atoms with Crippen LogP contribution in [-0.2, 0) is 6.42 Å². The molecule has 0 saturated heterocycles. The summed E-state index contributed by atoms with van der Waals surface area (Å²) in [6.07, 6.45) is 9.23. The van der Waals surface area contributed by atoms with Gasteiger partial charge in [0.05, 0.1) is 0 Å². The second kappa shape index (κ2) is 10.4. The van der Waals surface area contributed by atoms with Gasteiger partial charge < -0.3 is 5.32 Å². The highest BCUT2D eigenvalue weighted by Crippen LogP contribution is 2.21. The summed E-state index contributed by atoms with van der Waals surface area (Å²) in [6, 6.07) is 5.12. The summed E-state index contributed by atoms with van der Waals surface area (Å²) in [5, 5.41) is 5.95. The van der Waals surface area contributed by atoms with E-state index in [4.69, 9.17) is 0 Å². The number of rotatable bonds is 11. The first-order valence-electron chi connectivity index (χ1n) is 8.05. The Hall–Kier alpha value is -0.340. The summed E-state index contributed by atoms with van der Waals surface area (Å²) in [5.41, 5.74) is 0. The van der Waals surface area contributed by atoms with Crippen molar-refractivity contribution in [3.05, 3.63) is 22.4 Å². The molecule has 0 aliphatic carbocycles. The summed E-state index contributed by atoms with van der Waals surface area (Å²) in [5.74, 6) is 0.897. The van der Waals surface area contributed by atoms with E-state index in [1.807, 2.05) is 11.3 Å². The van der Waals surface area contributed by atoms with Gasteiger partial charge in [0.25, 0.3) is 0 Å². The lowest BCUT2D eigenvalue weighted by Crippen LogP contribution is -2.33. The lowest BCUT2D eigenvalue weighted by atomic mass is 9.90. The van der Waals surface area contributed by atoms with Crippen molar-refractivity contribution in [3.8, 4) is 0 Å². The fourth-order valence-corrected chi connectivity index (χ4v) is 3.43. The van der Waals surface area contributed by atoms with Crippen LogP contribution < -0.4 is 5.32 Å². The molecule has 0 bridgehead atoms. The Morgan fingerprint density at radius 1 is 1.21 bits per heavy atom. The molecule has 0 aliphatic rings. The molecule has 2 atom stereocenters. The van der Waals surface area contributed by atoms with Gasteiger partial charge in [-0.2, -0.15) is 0 Å². The van der Waals surface area contributed by atoms with Gasteiger partial charge in [-0.25, -0.2) is 0 Å². The van der Waals surface area contributed by atoms with E-state index in [2.05, 4.69) is 43.6 Å². The van der Waals surface area contributed by atoms with Gasteiger partial charge in [0, 0.05) is 10.9 Å². The molecule has 0 aromatic carbocycles. The summed E-state index contributed by atoms with van der Waals surface area (Å²) < 4.78 is 0. The standard InChI is InChI=1S/C17H31NS/c1-4-7-9-15(6-3)13-16(18-11-5-2)14-17-10-8-12-19-17/h8,10,12,15-16,18H,4-7,9,11,13-14H2,1-3H3. The van der Waals surface area contributed by atoms with Crippen molar-refractivity contribution in [2.75, 3.05) is 6.54 Å². The summed E-state index contributed by atoms with van der Waals surface area (Å²) in [7, 11) is 0. The average Bonchev–Trinajstić information content (AvgIpc) is 2.93. The highest BCUT2D eigenvalue weighted by atomic mass is 32.1. The zero-order valence-corrected chi connectivity index (χ0v) is 13.8. The predicted molar refractivity (Wildman–Crippen MR) is 88.0 cm³/mol. The molecule has 19 heavy (non-hydrogen) atoms. The Balaban J connectivity index is 2.46. The van der Waals surface area contributed by atoms with Gasteiger partial charge in [-0.3, -0.25) is 0 Å². The quantitative estimate of drug-likeness (QED) is 0.583. The minimum atomic E-state index is 0.667. The van der Waals surface area contributed by atoms with Crippen LogP contribution in [0.25, 0.3) is 0 Å². The van der Waals surface area contributed by atoms with E-state index in [9.17, 15) is 0 Å². The third kappa shape index (κ3) is 7.12. The van der Waals surface area contributed by atoms with Gasteiger partial charge in [0.2, 0.25) is 0 Å². The maximum Gasteiger partial charge on any atom is 0.0118 e. The molecule has 0 saturated carbocycles. The lowest BCUT2D eigenvalue weighted by molar-refractivity contribution is 0.348. The fraction of sp³-hybridized carbons (Fsp3) is 0.765. The maximum atomic E-state index is 3.76. The number of hydrogen-bond donors (Lipinski definition) is 1. The molecule has 0 aliphatic heterocycles. The zero-order chi connectivity index (χ0) is 13.9. The van der Waals surface area contributed by atoms with Gasteiger partial charge in [0.15, 0.2) is 0 Å². The number of nitrogens with one attached hydrogen (secondary N) is 1. The summed E-state index contributed by atoms with van der Waals surface area (Å²) >= 11 is 1.90. The van der Waals surface area contributed by atoms with Crippen LogP contribution in [0.4, 0.5) is 0 Å². The number of thiophene rings is 1. The zero-order valence-electron chi connectivity index (χ0n) is 13.0. The molecule has 1 aromatic heterocycles. The van der Waals surface area contributed by atoms with Gasteiger partial charge in [-0.1, -0.05) is 52.5 Å². The van der Waals surface area contributed by atoms with Crippen LogP contribution in [0.2, 0.25) is 0 Å². The van der Waals surface area contributed by atoms with E-state index in [1.165, 1.54) is 49.8 Å². The van der Waals surface area contributed by atoms with E-state index >= 15 is 0 Å². The maximum absolute atomic E-state index is 3.76. The first kappa shape index (κ1) is 16.7. The van der Waals surface area contributed by atoms with Gasteiger partial charge >= 0.3 is 0 Å². The van der Waals surface area contributed by atoms with E-state index in [0.717, 1.165) is 12.5 Å². The highest BCUT2D eigenvalue weighted by Gasteiger charge is 2.15. The second-order valence-electron chi connectivity index (χ2n) is 5.59. The molecule has 0 radical (unpaired) electrons. The molecular weight excluding hydrogens is 250 g/mol. The molecule has 1 heterocycles. The van der Waals surface area contributed by atoms with Crippen LogP contribution in [0.1, 0.15) is 64.2 Å². The third-order valence-corrected chi connectivity index (χ3v) is 4.77. The summed E-state index contributed by atoms with van der Waals surface area (Å²) in [4.78, 5) is 1.53. The molecule has 1 N–H and O–H groups in total. The molecule has 1 nitrogen and oxygen atoms in total. The van der Waals surface area contributed by atoms with Gasteiger partial charge in [0.1, 0.15) is 0 Å². The largest absolute Gasteiger partial charge is 0.314 e. The Bertz CT molecular complexity index is 294. The van der Waals surface area contributed by atoms with Crippen molar-refractivity contribution in [1.82, 2.24) is 5.32 Å². The average molecular weight is 282 g/mol. The SMILES string of the molecule is CCCCC(CC)CC(Cc1cccs1)NCCC.